The van der Waals surface area contributed by atoms with E-state index in [4.69, 9.17) is 4.74 Å². The van der Waals surface area contributed by atoms with E-state index in [1.54, 1.807) is 7.11 Å². The van der Waals surface area contributed by atoms with E-state index in [-0.39, 0.29) is 11.8 Å². The molecule has 116 valence electrons. The van der Waals surface area contributed by atoms with Gasteiger partial charge >= 0.3 is 0 Å². The van der Waals surface area contributed by atoms with E-state index in [1.807, 2.05) is 54.6 Å². The Morgan fingerprint density at radius 1 is 1.09 bits per heavy atom. The van der Waals surface area contributed by atoms with Crippen molar-refractivity contribution < 1.29 is 9.53 Å². The molecule has 3 heteroatoms. The summed E-state index contributed by atoms with van der Waals surface area (Å²) in [5.74, 6) is 0.773. The molecule has 1 atom stereocenters. The van der Waals surface area contributed by atoms with Gasteiger partial charge in [-0.25, -0.2) is 0 Å². The monoisotopic (exact) mass is 297 g/mol. The van der Waals surface area contributed by atoms with E-state index in [0.717, 1.165) is 29.7 Å². The topological polar surface area (TPSA) is 38.3 Å². The van der Waals surface area contributed by atoms with Crippen LogP contribution >= 0.6 is 0 Å². The number of hydrogen-bond donors (Lipinski definition) is 1. The third-order valence-corrected chi connectivity index (χ3v) is 3.74. The summed E-state index contributed by atoms with van der Waals surface area (Å²) in [6, 6.07) is 17.7. The van der Waals surface area contributed by atoms with Crippen molar-refractivity contribution in [3.05, 3.63) is 65.7 Å². The van der Waals surface area contributed by atoms with Crippen molar-refractivity contribution in [1.82, 2.24) is 5.32 Å². The molecular weight excluding hydrogens is 274 g/mol. The van der Waals surface area contributed by atoms with Gasteiger partial charge in [-0.1, -0.05) is 61.9 Å². The maximum atomic E-state index is 12.6. The van der Waals surface area contributed by atoms with Crippen LogP contribution in [0.1, 0.15) is 36.8 Å². The van der Waals surface area contributed by atoms with Gasteiger partial charge in [-0.15, -0.1) is 0 Å². The van der Waals surface area contributed by atoms with Gasteiger partial charge in [0.1, 0.15) is 5.75 Å². The van der Waals surface area contributed by atoms with E-state index in [0.29, 0.717) is 6.54 Å². The Morgan fingerprint density at radius 3 is 2.45 bits per heavy atom. The SMILES string of the molecule is CCCC(C(=O)NCc1ccccc1OC)c1ccccc1. The summed E-state index contributed by atoms with van der Waals surface area (Å²) in [6.07, 6.45) is 1.82. The van der Waals surface area contributed by atoms with E-state index in [2.05, 4.69) is 12.2 Å². The third-order valence-electron chi connectivity index (χ3n) is 3.74. The van der Waals surface area contributed by atoms with Crippen molar-refractivity contribution in [3.63, 3.8) is 0 Å². The van der Waals surface area contributed by atoms with Crippen LogP contribution in [0, 0.1) is 0 Å². The number of hydrogen-bond acceptors (Lipinski definition) is 2. The summed E-state index contributed by atoms with van der Waals surface area (Å²) in [6.45, 7) is 2.58. The molecule has 0 spiro atoms. The van der Waals surface area contributed by atoms with E-state index in [9.17, 15) is 4.79 Å². The Morgan fingerprint density at radius 2 is 1.77 bits per heavy atom. The molecule has 2 aromatic rings. The van der Waals surface area contributed by atoms with Gasteiger partial charge in [-0.3, -0.25) is 4.79 Å². The van der Waals surface area contributed by atoms with Crippen molar-refractivity contribution in [2.24, 2.45) is 0 Å². The molecule has 2 rings (SSSR count). The number of amides is 1. The highest BCUT2D eigenvalue weighted by molar-refractivity contribution is 5.83. The minimum atomic E-state index is -0.0964. The number of carbonyl (C=O) groups excluding carboxylic acids is 1. The molecule has 0 bridgehead atoms. The van der Waals surface area contributed by atoms with E-state index >= 15 is 0 Å². The third kappa shape index (κ3) is 4.10. The van der Waals surface area contributed by atoms with Gasteiger partial charge in [-0.2, -0.15) is 0 Å². The minimum absolute atomic E-state index is 0.0685. The van der Waals surface area contributed by atoms with Crippen molar-refractivity contribution >= 4 is 5.91 Å². The number of nitrogens with one attached hydrogen (secondary N) is 1. The standard InChI is InChI=1S/C19H23NO2/c1-3-9-17(15-10-5-4-6-11-15)19(21)20-14-16-12-7-8-13-18(16)22-2/h4-8,10-13,17H,3,9,14H2,1-2H3,(H,20,21). The fourth-order valence-electron chi connectivity index (χ4n) is 2.58. The normalized spacial score (nSPS) is 11.7. The van der Waals surface area contributed by atoms with Gasteiger partial charge < -0.3 is 10.1 Å². The van der Waals surface area contributed by atoms with Crippen LogP contribution in [-0.2, 0) is 11.3 Å². The predicted octanol–water partition coefficient (Wildman–Crippen LogP) is 3.90. The van der Waals surface area contributed by atoms with Crippen molar-refractivity contribution in [2.45, 2.75) is 32.2 Å². The van der Waals surface area contributed by atoms with Crippen molar-refractivity contribution in [3.8, 4) is 5.75 Å². The lowest BCUT2D eigenvalue weighted by Gasteiger charge is -2.17. The molecule has 0 aromatic heterocycles. The fraction of sp³-hybridized carbons (Fsp3) is 0.316. The lowest BCUT2D eigenvalue weighted by Crippen LogP contribution is -2.29. The van der Waals surface area contributed by atoms with E-state index < -0.39 is 0 Å². The smallest absolute Gasteiger partial charge is 0.227 e. The van der Waals surface area contributed by atoms with Crippen LogP contribution in [0.5, 0.6) is 5.75 Å². The average Bonchev–Trinajstić information content (AvgIpc) is 2.58. The molecule has 22 heavy (non-hydrogen) atoms. The maximum absolute atomic E-state index is 12.6. The van der Waals surface area contributed by atoms with Gasteiger partial charge in [0.2, 0.25) is 5.91 Å². The molecule has 0 radical (unpaired) electrons. The Balaban J connectivity index is 2.06. The van der Waals surface area contributed by atoms with Crippen molar-refractivity contribution in [2.75, 3.05) is 7.11 Å². The highest BCUT2D eigenvalue weighted by Crippen LogP contribution is 2.22. The Labute approximate surface area is 132 Å². The number of para-hydroxylation sites is 1. The van der Waals surface area contributed by atoms with Gasteiger partial charge in [0.05, 0.1) is 13.0 Å². The van der Waals surface area contributed by atoms with Gasteiger partial charge in [0.25, 0.3) is 0 Å². The highest BCUT2D eigenvalue weighted by Gasteiger charge is 2.19. The molecule has 0 heterocycles. The summed E-state index contributed by atoms with van der Waals surface area (Å²) < 4.78 is 5.32. The molecule has 3 nitrogen and oxygen atoms in total. The van der Waals surface area contributed by atoms with Crippen LogP contribution in [0.25, 0.3) is 0 Å². The molecule has 0 saturated heterocycles. The first kappa shape index (κ1) is 16.1. The Kier molecular flexibility index (Phi) is 6.01. The van der Waals surface area contributed by atoms with E-state index in [1.165, 1.54) is 0 Å². The summed E-state index contributed by atoms with van der Waals surface area (Å²) in [4.78, 5) is 12.6. The summed E-state index contributed by atoms with van der Waals surface area (Å²) in [5, 5.41) is 3.04. The number of ether oxygens (including phenoxy) is 1. The largest absolute Gasteiger partial charge is 0.496 e. The quantitative estimate of drug-likeness (QED) is 0.842. The molecule has 1 amide bonds. The van der Waals surface area contributed by atoms with Crippen molar-refractivity contribution in [1.29, 1.82) is 0 Å². The first-order chi connectivity index (χ1) is 10.8. The van der Waals surface area contributed by atoms with Crippen LogP contribution < -0.4 is 10.1 Å². The minimum Gasteiger partial charge on any atom is -0.496 e. The maximum Gasteiger partial charge on any atom is 0.227 e. The zero-order chi connectivity index (χ0) is 15.8. The van der Waals surface area contributed by atoms with Gasteiger partial charge in [0, 0.05) is 12.1 Å². The molecule has 1 N–H and O–H groups in total. The number of rotatable bonds is 7. The Hall–Kier alpha value is -2.29. The van der Waals surface area contributed by atoms with Crippen LogP contribution in [0.2, 0.25) is 0 Å². The molecular formula is C19H23NO2. The number of carbonyl (C=O) groups is 1. The zero-order valence-electron chi connectivity index (χ0n) is 13.2. The lowest BCUT2D eigenvalue weighted by atomic mass is 9.93. The summed E-state index contributed by atoms with van der Waals surface area (Å²) >= 11 is 0. The van der Waals surface area contributed by atoms with Gasteiger partial charge in [-0.05, 0) is 18.1 Å². The first-order valence-corrected chi connectivity index (χ1v) is 7.70. The molecule has 0 aliphatic rings. The zero-order valence-corrected chi connectivity index (χ0v) is 13.2. The van der Waals surface area contributed by atoms with Crippen LogP contribution in [0.15, 0.2) is 54.6 Å². The fourth-order valence-corrected chi connectivity index (χ4v) is 2.58. The van der Waals surface area contributed by atoms with Gasteiger partial charge in [0.15, 0.2) is 0 Å². The lowest BCUT2D eigenvalue weighted by molar-refractivity contribution is -0.122. The average molecular weight is 297 g/mol. The number of benzene rings is 2. The second-order valence-corrected chi connectivity index (χ2v) is 5.28. The molecule has 2 aromatic carbocycles. The molecule has 0 aliphatic heterocycles. The first-order valence-electron chi connectivity index (χ1n) is 7.70. The highest BCUT2D eigenvalue weighted by atomic mass is 16.5. The summed E-state index contributed by atoms with van der Waals surface area (Å²) in [7, 11) is 1.64. The van der Waals surface area contributed by atoms with Crippen LogP contribution in [0.4, 0.5) is 0 Å². The molecule has 0 aliphatic carbocycles. The van der Waals surface area contributed by atoms with Crippen LogP contribution in [-0.4, -0.2) is 13.0 Å². The molecule has 0 saturated carbocycles. The predicted molar refractivity (Wildman–Crippen MR) is 88.9 cm³/mol. The number of methoxy groups -OCH3 is 1. The summed E-state index contributed by atoms with van der Waals surface area (Å²) in [5.41, 5.74) is 2.06. The van der Waals surface area contributed by atoms with Crippen LogP contribution in [0.3, 0.4) is 0 Å². The second kappa shape index (κ2) is 8.23. The molecule has 0 fully saturated rings. The molecule has 1 unspecified atom stereocenters. The Bertz CT molecular complexity index is 595. The second-order valence-electron chi connectivity index (χ2n) is 5.28.